The van der Waals surface area contributed by atoms with Crippen LogP contribution in [0, 0.1) is 30.9 Å². The fourth-order valence-electron chi connectivity index (χ4n) is 3.04. The number of non-ortho nitro benzene ring substituents is 1. The number of rotatable bonds is 8. The Morgan fingerprint density at radius 2 is 1.74 bits per heavy atom. The Labute approximate surface area is 196 Å². The normalized spacial score (nSPS) is 10.7. The zero-order valence-corrected chi connectivity index (χ0v) is 18.9. The SMILES string of the molecule is Cc1ccc(C)c(OCC(=O)N/N=C\c2cccc(OC(=O)c3ccc([N+](=O)[O-])cc3)c2)c1C. The summed E-state index contributed by atoms with van der Waals surface area (Å²) >= 11 is 0. The van der Waals surface area contributed by atoms with Gasteiger partial charge in [0.05, 0.1) is 16.7 Å². The third kappa shape index (κ3) is 6.26. The lowest BCUT2D eigenvalue weighted by atomic mass is 10.1. The molecule has 0 saturated carbocycles. The number of hydrogen-bond donors (Lipinski definition) is 1. The molecule has 0 aliphatic rings. The lowest BCUT2D eigenvalue weighted by Gasteiger charge is -2.13. The number of carbonyl (C=O) groups excluding carboxylic acids is 2. The number of hydrogen-bond acceptors (Lipinski definition) is 7. The molecule has 0 fully saturated rings. The van der Waals surface area contributed by atoms with Crippen molar-refractivity contribution in [2.45, 2.75) is 20.8 Å². The highest BCUT2D eigenvalue weighted by molar-refractivity contribution is 5.91. The minimum absolute atomic E-state index is 0.119. The first kappa shape index (κ1) is 24.1. The van der Waals surface area contributed by atoms with E-state index in [0.29, 0.717) is 11.3 Å². The van der Waals surface area contributed by atoms with E-state index in [-0.39, 0.29) is 23.6 Å². The van der Waals surface area contributed by atoms with Crippen LogP contribution >= 0.6 is 0 Å². The molecule has 0 unspecified atom stereocenters. The molecule has 0 heterocycles. The molecule has 3 rings (SSSR count). The molecule has 0 atom stereocenters. The average molecular weight is 461 g/mol. The largest absolute Gasteiger partial charge is 0.483 e. The number of hydrazone groups is 1. The Morgan fingerprint density at radius 1 is 1.03 bits per heavy atom. The second kappa shape index (κ2) is 10.9. The summed E-state index contributed by atoms with van der Waals surface area (Å²) in [5.74, 6) is -0.137. The van der Waals surface area contributed by atoms with E-state index in [1.54, 1.807) is 24.3 Å². The van der Waals surface area contributed by atoms with Crippen molar-refractivity contribution in [1.82, 2.24) is 5.43 Å². The van der Waals surface area contributed by atoms with Gasteiger partial charge in [0.1, 0.15) is 11.5 Å². The minimum Gasteiger partial charge on any atom is -0.483 e. The third-order valence-electron chi connectivity index (χ3n) is 5.01. The molecule has 0 aliphatic heterocycles. The molecule has 34 heavy (non-hydrogen) atoms. The van der Waals surface area contributed by atoms with Crippen LogP contribution in [0.3, 0.4) is 0 Å². The number of nitrogens with one attached hydrogen (secondary N) is 1. The van der Waals surface area contributed by atoms with Crippen LogP contribution < -0.4 is 14.9 Å². The van der Waals surface area contributed by atoms with E-state index >= 15 is 0 Å². The lowest BCUT2D eigenvalue weighted by molar-refractivity contribution is -0.384. The molecule has 9 heteroatoms. The molecular weight excluding hydrogens is 438 g/mol. The molecule has 1 N–H and O–H groups in total. The average Bonchev–Trinajstić information content (AvgIpc) is 2.82. The number of benzene rings is 3. The summed E-state index contributed by atoms with van der Waals surface area (Å²) in [5.41, 5.74) is 6.04. The van der Waals surface area contributed by atoms with Gasteiger partial charge in [-0.2, -0.15) is 5.10 Å². The Bertz CT molecular complexity index is 1250. The second-order valence-corrected chi connectivity index (χ2v) is 7.50. The standard InChI is InChI=1S/C25H23N3O6/c1-16-7-8-17(2)24(18(16)3)33-15-23(29)27-26-14-19-5-4-6-22(13-19)34-25(30)20-9-11-21(12-10-20)28(31)32/h4-14H,15H2,1-3H3,(H,27,29)/b26-14-. The molecule has 0 spiro atoms. The van der Waals surface area contributed by atoms with Gasteiger partial charge in [-0.05, 0) is 67.3 Å². The minimum atomic E-state index is -0.656. The van der Waals surface area contributed by atoms with Crippen molar-refractivity contribution in [3.8, 4) is 11.5 Å². The molecular formula is C25H23N3O6. The molecule has 0 saturated heterocycles. The summed E-state index contributed by atoms with van der Waals surface area (Å²) < 4.78 is 11.0. The fourth-order valence-corrected chi connectivity index (χ4v) is 3.04. The van der Waals surface area contributed by atoms with Crippen molar-refractivity contribution >= 4 is 23.8 Å². The highest BCUT2D eigenvalue weighted by atomic mass is 16.6. The molecule has 0 bridgehead atoms. The van der Waals surface area contributed by atoms with Gasteiger partial charge >= 0.3 is 5.97 Å². The first-order valence-corrected chi connectivity index (χ1v) is 10.3. The maximum Gasteiger partial charge on any atom is 0.343 e. The van der Waals surface area contributed by atoms with E-state index in [2.05, 4.69) is 10.5 Å². The predicted octanol–water partition coefficient (Wildman–Crippen LogP) is 4.27. The molecule has 0 aromatic heterocycles. The monoisotopic (exact) mass is 461 g/mol. The number of carbonyl (C=O) groups is 2. The third-order valence-corrected chi connectivity index (χ3v) is 5.01. The van der Waals surface area contributed by atoms with Gasteiger partial charge in [0, 0.05) is 12.1 Å². The van der Waals surface area contributed by atoms with E-state index in [1.165, 1.54) is 30.5 Å². The molecule has 3 aromatic carbocycles. The van der Waals surface area contributed by atoms with Crippen molar-refractivity contribution in [2.24, 2.45) is 5.10 Å². The number of ether oxygens (including phenoxy) is 2. The summed E-state index contributed by atoms with van der Waals surface area (Å²) in [7, 11) is 0. The topological polar surface area (TPSA) is 120 Å². The highest BCUT2D eigenvalue weighted by Crippen LogP contribution is 2.25. The van der Waals surface area contributed by atoms with Crippen LogP contribution in [0.15, 0.2) is 65.8 Å². The van der Waals surface area contributed by atoms with Gasteiger partial charge in [0.15, 0.2) is 6.61 Å². The summed E-state index contributed by atoms with van der Waals surface area (Å²) in [4.78, 5) is 34.5. The number of nitrogens with zero attached hydrogens (tertiary/aromatic N) is 2. The van der Waals surface area contributed by atoms with Crippen molar-refractivity contribution in [3.63, 3.8) is 0 Å². The van der Waals surface area contributed by atoms with Gasteiger partial charge in [-0.25, -0.2) is 10.2 Å². The number of nitro benzene ring substituents is 1. The van der Waals surface area contributed by atoms with Gasteiger partial charge in [0.2, 0.25) is 0 Å². The predicted molar refractivity (Wildman–Crippen MR) is 126 cm³/mol. The Hall–Kier alpha value is -4.53. The molecule has 0 radical (unpaired) electrons. The van der Waals surface area contributed by atoms with Crippen molar-refractivity contribution < 1.29 is 24.0 Å². The number of nitro groups is 1. The van der Waals surface area contributed by atoms with Crippen molar-refractivity contribution in [3.05, 3.63) is 98.6 Å². The van der Waals surface area contributed by atoms with E-state index in [9.17, 15) is 19.7 Å². The van der Waals surface area contributed by atoms with Gasteiger partial charge in [-0.15, -0.1) is 0 Å². The van der Waals surface area contributed by atoms with Gasteiger partial charge in [-0.1, -0.05) is 24.3 Å². The van der Waals surface area contributed by atoms with Crippen LogP contribution in [-0.2, 0) is 4.79 Å². The Kier molecular flexibility index (Phi) is 7.71. The molecule has 3 aromatic rings. The van der Waals surface area contributed by atoms with E-state index in [1.807, 2.05) is 32.9 Å². The van der Waals surface area contributed by atoms with Gasteiger partial charge in [-0.3, -0.25) is 14.9 Å². The van der Waals surface area contributed by atoms with Crippen LogP contribution in [0.2, 0.25) is 0 Å². The molecule has 1 amide bonds. The van der Waals surface area contributed by atoms with E-state index in [0.717, 1.165) is 16.7 Å². The summed E-state index contributed by atoms with van der Waals surface area (Å²) in [6, 6.07) is 15.6. The fraction of sp³-hybridized carbons (Fsp3) is 0.160. The number of esters is 1. The van der Waals surface area contributed by atoms with E-state index in [4.69, 9.17) is 9.47 Å². The molecule has 0 aliphatic carbocycles. The summed E-state index contributed by atoms with van der Waals surface area (Å²) in [6.45, 7) is 5.65. The number of amides is 1. The molecule has 174 valence electrons. The van der Waals surface area contributed by atoms with E-state index < -0.39 is 16.8 Å². The maximum atomic E-state index is 12.3. The second-order valence-electron chi connectivity index (χ2n) is 7.50. The van der Waals surface area contributed by atoms with Crippen LogP contribution in [0.5, 0.6) is 11.5 Å². The maximum absolute atomic E-state index is 12.3. The lowest BCUT2D eigenvalue weighted by Crippen LogP contribution is -2.25. The highest BCUT2D eigenvalue weighted by Gasteiger charge is 2.12. The Balaban J connectivity index is 1.55. The first-order chi connectivity index (χ1) is 16.2. The summed E-state index contributed by atoms with van der Waals surface area (Å²) in [5, 5.41) is 14.6. The summed E-state index contributed by atoms with van der Waals surface area (Å²) in [6.07, 6.45) is 1.41. The number of aryl methyl sites for hydroxylation is 2. The van der Waals surface area contributed by atoms with Gasteiger partial charge < -0.3 is 9.47 Å². The van der Waals surface area contributed by atoms with Crippen LogP contribution in [0.1, 0.15) is 32.6 Å². The van der Waals surface area contributed by atoms with Crippen LogP contribution in [0.4, 0.5) is 5.69 Å². The zero-order valence-electron chi connectivity index (χ0n) is 18.9. The Morgan fingerprint density at radius 3 is 2.44 bits per heavy atom. The van der Waals surface area contributed by atoms with Crippen LogP contribution in [0.25, 0.3) is 0 Å². The quantitative estimate of drug-likeness (QED) is 0.176. The molecule has 9 nitrogen and oxygen atoms in total. The van der Waals surface area contributed by atoms with Crippen LogP contribution in [-0.4, -0.2) is 29.6 Å². The smallest absolute Gasteiger partial charge is 0.343 e. The van der Waals surface area contributed by atoms with Crippen molar-refractivity contribution in [1.29, 1.82) is 0 Å². The first-order valence-electron chi connectivity index (χ1n) is 10.3. The van der Waals surface area contributed by atoms with Gasteiger partial charge in [0.25, 0.3) is 11.6 Å². The zero-order chi connectivity index (χ0) is 24.7. The van der Waals surface area contributed by atoms with Crippen molar-refractivity contribution in [2.75, 3.05) is 6.61 Å².